The van der Waals surface area contributed by atoms with Crippen molar-refractivity contribution in [3.8, 4) is 11.8 Å². The van der Waals surface area contributed by atoms with E-state index in [1.807, 2.05) is 6.07 Å². The molecule has 1 aromatic carbocycles. The Morgan fingerprint density at radius 1 is 1.35 bits per heavy atom. The van der Waals surface area contributed by atoms with E-state index in [1.165, 1.54) is 10.7 Å². The monoisotopic (exact) mass is 251 g/mol. The van der Waals surface area contributed by atoms with Crippen molar-refractivity contribution < 1.29 is 8.78 Å². The lowest BCUT2D eigenvalue weighted by Crippen LogP contribution is -1.98. The van der Waals surface area contributed by atoms with Crippen molar-refractivity contribution in [1.82, 2.24) is 9.78 Å². The van der Waals surface area contributed by atoms with Crippen molar-refractivity contribution in [3.63, 3.8) is 0 Å². The van der Waals surface area contributed by atoms with E-state index in [-0.39, 0.29) is 10.3 Å². The number of rotatable bonds is 2. The van der Waals surface area contributed by atoms with E-state index in [0.29, 0.717) is 11.3 Å². The first-order valence-corrected chi connectivity index (χ1v) is 5.13. The van der Waals surface area contributed by atoms with Gasteiger partial charge in [-0.05, 0) is 18.2 Å². The van der Waals surface area contributed by atoms with Crippen LogP contribution < -0.4 is 0 Å². The summed E-state index contributed by atoms with van der Waals surface area (Å²) in [6.07, 6.45) is -2.60. The third-order valence-corrected chi connectivity index (χ3v) is 2.51. The van der Waals surface area contributed by atoms with E-state index >= 15 is 0 Å². The number of H-pyrrole nitrogens is 1. The Hall–Kier alpha value is -2.00. The van der Waals surface area contributed by atoms with Crippen LogP contribution in [0.1, 0.15) is 17.7 Å². The van der Waals surface area contributed by atoms with Crippen LogP contribution in [0.5, 0.6) is 0 Å². The zero-order valence-corrected chi connectivity index (χ0v) is 9.34. The fourth-order valence-corrected chi connectivity index (χ4v) is 1.71. The van der Waals surface area contributed by atoms with Crippen molar-refractivity contribution in [2.24, 2.45) is 0 Å². The molecule has 86 valence electrons. The lowest BCUT2D eigenvalue weighted by atomic mass is 10.2. The molecular weight excluding hydrogens is 244 g/mol. The maximum absolute atomic E-state index is 12.5. The Balaban J connectivity index is 2.53. The standard InChI is InChI=1S/C11H7F2N3S/c12-11(13)9-5-10(17)16(15-9)8-3-1-2-7(4-8)6-14/h1-5,11,15H. The second kappa shape index (κ2) is 4.47. The second-order valence-electron chi connectivity index (χ2n) is 3.35. The van der Waals surface area contributed by atoms with Crippen LogP contribution in [-0.4, -0.2) is 9.78 Å². The molecule has 0 amide bonds. The van der Waals surface area contributed by atoms with Gasteiger partial charge in [0, 0.05) is 6.07 Å². The van der Waals surface area contributed by atoms with Crippen molar-refractivity contribution in [1.29, 1.82) is 5.26 Å². The lowest BCUT2D eigenvalue weighted by Gasteiger charge is -2.03. The predicted molar refractivity (Wildman–Crippen MR) is 60.6 cm³/mol. The molecule has 1 heterocycles. The highest BCUT2D eigenvalue weighted by Crippen LogP contribution is 2.19. The summed E-state index contributed by atoms with van der Waals surface area (Å²) in [7, 11) is 0. The average molecular weight is 251 g/mol. The fraction of sp³-hybridized carbons (Fsp3) is 0.0909. The quantitative estimate of drug-likeness (QED) is 0.832. The molecule has 1 aromatic heterocycles. The average Bonchev–Trinajstić information content (AvgIpc) is 2.72. The van der Waals surface area contributed by atoms with Crippen molar-refractivity contribution in [2.75, 3.05) is 0 Å². The van der Waals surface area contributed by atoms with E-state index in [2.05, 4.69) is 5.10 Å². The van der Waals surface area contributed by atoms with Crippen LogP contribution in [0.25, 0.3) is 5.69 Å². The molecule has 0 aliphatic rings. The molecule has 0 aliphatic carbocycles. The number of nitriles is 1. The number of nitrogens with zero attached hydrogens (tertiary/aromatic N) is 2. The van der Waals surface area contributed by atoms with Crippen LogP contribution in [0.4, 0.5) is 8.78 Å². The molecule has 17 heavy (non-hydrogen) atoms. The van der Waals surface area contributed by atoms with E-state index in [4.69, 9.17) is 17.5 Å². The topological polar surface area (TPSA) is 44.5 Å². The molecule has 1 N–H and O–H groups in total. The number of aromatic amines is 1. The molecule has 0 spiro atoms. The first kappa shape index (κ1) is 11.5. The van der Waals surface area contributed by atoms with Crippen LogP contribution in [0, 0.1) is 16.0 Å². The number of halogens is 2. The number of hydrogen-bond donors (Lipinski definition) is 1. The molecule has 0 radical (unpaired) electrons. The molecule has 0 unspecified atom stereocenters. The Kier molecular flexibility index (Phi) is 3.02. The summed E-state index contributed by atoms with van der Waals surface area (Å²) in [4.78, 5) is 0. The highest BCUT2D eigenvalue weighted by molar-refractivity contribution is 7.71. The van der Waals surface area contributed by atoms with Crippen molar-refractivity contribution in [2.45, 2.75) is 6.43 Å². The summed E-state index contributed by atoms with van der Waals surface area (Å²) in [6, 6.07) is 9.73. The van der Waals surface area contributed by atoms with E-state index in [9.17, 15) is 8.78 Å². The number of aromatic nitrogens is 2. The zero-order chi connectivity index (χ0) is 12.4. The SMILES string of the molecule is N#Cc1cccc(-n2[nH]c(C(F)F)cc2=S)c1. The van der Waals surface area contributed by atoms with Crippen LogP contribution >= 0.6 is 12.2 Å². The van der Waals surface area contributed by atoms with E-state index in [0.717, 1.165) is 0 Å². The summed E-state index contributed by atoms with van der Waals surface area (Å²) in [5.41, 5.74) is 0.760. The minimum atomic E-state index is -2.60. The molecule has 0 fully saturated rings. The van der Waals surface area contributed by atoms with Crippen LogP contribution in [0.15, 0.2) is 30.3 Å². The van der Waals surface area contributed by atoms with Crippen molar-refractivity contribution >= 4 is 12.2 Å². The summed E-state index contributed by atoms with van der Waals surface area (Å²) < 4.78 is 26.5. The van der Waals surface area contributed by atoms with Crippen molar-refractivity contribution in [3.05, 3.63) is 46.2 Å². The molecule has 0 bridgehead atoms. The van der Waals surface area contributed by atoms with E-state index < -0.39 is 6.43 Å². The Bertz CT molecular complexity index is 637. The van der Waals surface area contributed by atoms with Gasteiger partial charge in [0.05, 0.1) is 17.3 Å². The van der Waals surface area contributed by atoms with Crippen LogP contribution in [0.2, 0.25) is 0 Å². The predicted octanol–water partition coefficient (Wildman–Crippen LogP) is 3.34. The van der Waals surface area contributed by atoms with Gasteiger partial charge in [0.15, 0.2) is 0 Å². The molecule has 2 aromatic rings. The number of nitrogens with one attached hydrogen (secondary N) is 1. The maximum Gasteiger partial charge on any atom is 0.279 e. The van der Waals surface area contributed by atoms with Gasteiger partial charge in [-0.1, -0.05) is 18.3 Å². The van der Waals surface area contributed by atoms with Gasteiger partial charge in [0.1, 0.15) is 10.3 Å². The Morgan fingerprint density at radius 2 is 2.12 bits per heavy atom. The maximum atomic E-state index is 12.5. The van der Waals surface area contributed by atoms with Gasteiger partial charge in [0.2, 0.25) is 0 Å². The molecule has 0 saturated carbocycles. The molecule has 6 heteroatoms. The minimum Gasteiger partial charge on any atom is -0.291 e. The van der Waals surface area contributed by atoms with Gasteiger partial charge in [-0.25, -0.2) is 13.5 Å². The molecular formula is C11H7F2N3S. The molecule has 3 nitrogen and oxygen atoms in total. The second-order valence-corrected chi connectivity index (χ2v) is 3.77. The zero-order valence-electron chi connectivity index (χ0n) is 8.52. The normalized spacial score (nSPS) is 10.5. The highest BCUT2D eigenvalue weighted by atomic mass is 32.1. The first-order chi connectivity index (χ1) is 8.11. The smallest absolute Gasteiger partial charge is 0.279 e. The molecule has 0 saturated heterocycles. The fourth-order valence-electron chi connectivity index (χ4n) is 1.43. The van der Waals surface area contributed by atoms with Gasteiger partial charge < -0.3 is 0 Å². The van der Waals surface area contributed by atoms with Gasteiger partial charge >= 0.3 is 0 Å². The Labute approximate surface area is 101 Å². The number of benzene rings is 1. The first-order valence-electron chi connectivity index (χ1n) is 4.72. The Morgan fingerprint density at radius 3 is 2.71 bits per heavy atom. The summed E-state index contributed by atoms with van der Waals surface area (Å²) in [6.45, 7) is 0. The van der Waals surface area contributed by atoms with Crippen LogP contribution in [0.3, 0.4) is 0 Å². The van der Waals surface area contributed by atoms with Gasteiger partial charge in [-0.2, -0.15) is 5.26 Å². The summed E-state index contributed by atoms with van der Waals surface area (Å²) in [5.74, 6) is 0. The molecule has 2 rings (SSSR count). The van der Waals surface area contributed by atoms with E-state index in [1.54, 1.807) is 24.3 Å². The molecule has 0 aliphatic heterocycles. The van der Waals surface area contributed by atoms with Gasteiger partial charge in [0.25, 0.3) is 6.43 Å². The largest absolute Gasteiger partial charge is 0.291 e. The summed E-state index contributed by atoms with van der Waals surface area (Å²) in [5, 5.41) is 11.3. The third kappa shape index (κ3) is 2.24. The highest BCUT2D eigenvalue weighted by Gasteiger charge is 2.11. The number of hydrogen-bond acceptors (Lipinski definition) is 2. The lowest BCUT2D eigenvalue weighted by molar-refractivity contribution is 0.145. The van der Waals surface area contributed by atoms with Crippen LogP contribution in [-0.2, 0) is 0 Å². The number of alkyl halides is 2. The minimum absolute atomic E-state index is 0.239. The molecule has 0 atom stereocenters. The van der Waals surface area contributed by atoms with Gasteiger partial charge in [-0.15, -0.1) is 0 Å². The summed E-state index contributed by atoms with van der Waals surface area (Å²) >= 11 is 4.97. The third-order valence-electron chi connectivity index (χ3n) is 2.21. The van der Waals surface area contributed by atoms with Gasteiger partial charge in [-0.3, -0.25) is 5.10 Å².